The molecule has 3 rings (SSSR count). The largest absolute Gasteiger partial charge is 0.0843 e. The van der Waals surface area contributed by atoms with Gasteiger partial charge in [-0.05, 0) is 23.3 Å². The zero-order valence-corrected chi connectivity index (χ0v) is 10.6. The molecule has 1 aliphatic carbocycles. The third-order valence-electron chi connectivity index (χ3n) is 3.40. The van der Waals surface area contributed by atoms with Crippen molar-refractivity contribution < 1.29 is 0 Å². The van der Waals surface area contributed by atoms with E-state index in [1.807, 2.05) is 18.2 Å². The van der Waals surface area contributed by atoms with Gasteiger partial charge in [-0.3, -0.25) is 0 Å². The summed E-state index contributed by atoms with van der Waals surface area (Å²) in [5, 5.41) is 0.771. The number of rotatable bonds is 2. The molecule has 1 heteroatoms. The molecule has 0 saturated heterocycles. The van der Waals surface area contributed by atoms with Gasteiger partial charge in [-0.25, -0.2) is 0 Å². The summed E-state index contributed by atoms with van der Waals surface area (Å²) in [5.41, 5.74) is 2.37. The van der Waals surface area contributed by atoms with Crippen molar-refractivity contribution >= 4 is 11.6 Å². The van der Waals surface area contributed by atoms with Gasteiger partial charge in [0.05, 0.1) is 5.41 Å². The molecule has 0 radical (unpaired) electrons. The van der Waals surface area contributed by atoms with Gasteiger partial charge in [-0.15, -0.1) is 0 Å². The van der Waals surface area contributed by atoms with Crippen LogP contribution in [0.15, 0.2) is 78.9 Å². The second kappa shape index (κ2) is 4.47. The van der Waals surface area contributed by atoms with Gasteiger partial charge >= 0.3 is 0 Å². The summed E-state index contributed by atoms with van der Waals surface area (Å²) < 4.78 is 0. The number of hydrogen-bond acceptors (Lipinski definition) is 0. The predicted molar refractivity (Wildman–Crippen MR) is 77.0 cm³/mol. The summed E-state index contributed by atoms with van der Waals surface area (Å²) >= 11 is 5.97. The first kappa shape index (κ1) is 11.3. The van der Waals surface area contributed by atoms with Crippen LogP contribution < -0.4 is 0 Å². The SMILES string of the molecule is Clc1ccc(C2(c3ccccc3)C=CC=C2)cc1. The lowest BCUT2D eigenvalue weighted by Gasteiger charge is -2.26. The minimum absolute atomic E-state index is 0.147. The molecule has 88 valence electrons. The quantitative estimate of drug-likeness (QED) is 0.723. The minimum atomic E-state index is -0.147. The monoisotopic (exact) mass is 252 g/mol. The number of allylic oxidation sites excluding steroid dienone is 4. The van der Waals surface area contributed by atoms with Crippen LogP contribution in [0.3, 0.4) is 0 Å². The van der Waals surface area contributed by atoms with E-state index in [0.29, 0.717) is 0 Å². The summed E-state index contributed by atoms with van der Waals surface area (Å²) in [7, 11) is 0. The van der Waals surface area contributed by atoms with Crippen LogP contribution in [0.5, 0.6) is 0 Å². The van der Waals surface area contributed by atoms with E-state index in [9.17, 15) is 0 Å². The Labute approximate surface area is 112 Å². The molecule has 0 spiro atoms. The highest BCUT2D eigenvalue weighted by molar-refractivity contribution is 6.30. The van der Waals surface area contributed by atoms with Gasteiger partial charge in [0.1, 0.15) is 0 Å². The Morgan fingerprint density at radius 3 is 1.83 bits per heavy atom. The van der Waals surface area contributed by atoms with Crippen molar-refractivity contribution in [3.05, 3.63) is 95.1 Å². The maximum atomic E-state index is 5.97. The van der Waals surface area contributed by atoms with Gasteiger partial charge in [0.25, 0.3) is 0 Å². The fourth-order valence-corrected chi connectivity index (χ4v) is 2.59. The molecule has 0 bridgehead atoms. The Bertz CT molecular complexity index is 579. The number of halogens is 1. The third kappa shape index (κ3) is 1.79. The second-order valence-electron chi connectivity index (χ2n) is 4.46. The van der Waals surface area contributed by atoms with E-state index in [1.54, 1.807) is 0 Å². The molecule has 0 unspecified atom stereocenters. The molecule has 1 aliphatic rings. The molecule has 0 N–H and O–H groups in total. The first-order valence-electron chi connectivity index (χ1n) is 6.00. The van der Waals surface area contributed by atoms with Gasteiger partial charge in [-0.1, -0.05) is 78.4 Å². The van der Waals surface area contributed by atoms with Gasteiger partial charge in [0.2, 0.25) is 0 Å². The molecule has 0 saturated carbocycles. The van der Waals surface area contributed by atoms with Crippen LogP contribution >= 0.6 is 11.6 Å². The zero-order valence-electron chi connectivity index (χ0n) is 9.88. The molecule has 0 aliphatic heterocycles. The second-order valence-corrected chi connectivity index (χ2v) is 4.90. The van der Waals surface area contributed by atoms with Gasteiger partial charge in [-0.2, -0.15) is 0 Å². The molecule has 0 aromatic heterocycles. The van der Waals surface area contributed by atoms with E-state index in [2.05, 4.69) is 60.7 Å². The summed E-state index contributed by atoms with van der Waals surface area (Å²) in [6, 6.07) is 18.6. The van der Waals surface area contributed by atoms with Crippen molar-refractivity contribution in [2.75, 3.05) is 0 Å². The normalized spacial score (nSPS) is 16.1. The average molecular weight is 253 g/mol. The lowest BCUT2D eigenvalue weighted by atomic mass is 9.76. The molecular formula is C17H13Cl. The van der Waals surface area contributed by atoms with Crippen LogP contribution in [0, 0.1) is 0 Å². The van der Waals surface area contributed by atoms with Crippen LogP contribution in [-0.4, -0.2) is 0 Å². The molecule has 2 aromatic carbocycles. The number of benzene rings is 2. The molecule has 0 amide bonds. The smallest absolute Gasteiger partial charge is 0.0568 e. The first-order chi connectivity index (χ1) is 8.81. The minimum Gasteiger partial charge on any atom is -0.0843 e. The van der Waals surface area contributed by atoms with Crippen molar-refractivity contribution in [1.82, 2.24) is 0 Å². The van der Waals surface area contributed by atoms with Gasteiger partial charge in [0, 0.05) is 5.02 Å². The van der Waals surface area contributed by atoms with E-state index >= 15 is 0 Å². The van der Waals surface area contributed by atoms with Crippen molar-refractivity contribution in [3.63, 3.8) is 0 Å². The van der Waals surface area contributed by atoms with Gasteiger partial charge < -0.3 is 0 Å². The molecule has 0 fully saturated rings. The maximum Gasteiger partial charge on any atom is 0.0568 e. The van der Waals surface area contributed by atoms with Crippen molar-refractivity contribution in [3.8, 4) is 0 Å². The Kier molecular flexibility index (Phi) is 2.81. The fourth-order valence-electron chi connectivity index (χ4n) is 2.46. The summed E-state index contributed by atoms with van der Waals surface area (Å²) in [6.07, 6.45) is 8.65. The van der Waals surface area contributed by atoms with Crippen LogP contribution in [0.1, 0.15) is 11.1 Å². The highest BCUT2D eigenvalue weighted by atomic mass is 35.5. The van der Waals surface area contributed by atoms with E-state index in [4.69, 9.17) is 11.6 Å². The Hall–Kier alpha value is -1.79. The summed E-state index contributed by atoms with van der Waals surface area (Å²) in [6.45, 7) is 0. The van der Waals surface area contributed by atoms with Crippen molar-refractivity contribution in [2.45, 2.75) is 5.41 Å². The number of hydrogen-bond donors (Lipinski definition) is 0. The Morgan fingerprint density at radius 2 is 1.22 bits per heavy atom. The topological polar surface area (TPSA) is 0 Å². The summed E-state index contributed by atoms with van der Waals surface area (Å²) in [4.78, 5) is 0. The molecule has 0 atom stereocenters. The first-order valence-corrected chi connectivity index (χ1v) is 6.38. The van der Waals surface area contributed by atoms with Crippen molar-refractivity contribution in [1.29, 1.82) is 0 Å². The lowest BCUT2D eigenvalue weighted by molar-refractivity contribution is 0.828. The van der Waals surface area contributed by atoms with E-state index < -0.39 is 0 Å². The fraction of sp³-hybridized carbons (Fsp3) is 0.0588. The van der Waals surface area contributed by atoms with Crippen LogP contribution in [0.2, 0.25) is 5.02 Å². The van der Waals surface area contributed by atoms with Gasteiger partial charge in [0.15, 0.2) is 0 Å². The van der Waals surface area contributed by atoms with E-state index in [1.165, 1.54) is 11.1 Å². The Balaban J connectivity index is 2.17. The lowest BCUT2D eigenvalue weighted by Crippen LogP contribution is -2.20. The van der Waals surface area contributed by atoms with Crippen molar-refractivity contribution in [2.24, 2.45) is 0 Å². The molecule has 0 nitrogen and oxygen atoms in total. The predicted octanol–water partition coefficient (Wildman–Crippen LogP) is 4.75. The standard InChI is InChI=1S/C17H13Cl/c18-16-10-8-15(9-11-16)17(12-4-5-13-17)14-6-2-1-3-7-14/h1-13H. The maximum absolute atomic E-state index is 5.97. The third-order valence-corrected chi connectivity index (χ3v) is 3.65. The highest BCUT2D eigenvalue weighted by Crippen LogP contribution is 2.38. The molecule has 0 heterocycles. The van der Waals surface area contributed by atoms with E-state index in [-0.39, 0.29) is 5.41 Å². The molecular weight excluding hydrogens is 240 g/mol. The van der Waals surface area contributed by atoms with Crippen LogP contribution in [0.25, 0.3) is 0 Å². The molecule has 2 aromatic rings. The molecule has 18 heavy (non-hydrogen) atoms. The summed E-state index contributed by atoms with van der Waals surface area (Å²) in [5.74, 6) is 0. The van der Waals surface area contributed by atoms with Crippen LogP contribution in [-0.2, 0) is 5.41 Å². The van der Waals surface area contributed by atoms with E-state index in [0.717, 1.165) is 5.02 Å². The average Bonchev–Trinajstić information content (AvgIpc) is 2.91. The Morgan fingerprint density at radius 1 is 0.667 bits per heavy atom. The highest BCUT2D eigenvalue weighted by Gasteiger charge is 2.30. The van der Waals surface area contributed by atoms with Crippen LogP contribution in [0.4, 0.5) is 0 Å². The zero-order chi connectivity index (χ0) is 12.4.